The fourth-order valence-electron chi connectivity index (χ4n) is 1.76. The molecule has 132 valence electrons. The van der Waals surface area contributed by atoms with Crippen molar-refractivity contribution in [2.75, 3.05) is 6.54 Å². The normalized spacial score (nSPS) is 14.6. The summed E-state index contributed by atoms with van der Waals surface area (Å²) in [6, 6.07) is -0.0536. The highest BCUT2D eigenvalue weighted by Gasteiger charge is 2.27. The minimum atomic E-state index is -4.10. The van der Waals surface area contributed by atoms with Crippen LogP contribution in [0.4, 0.5) is 18.0 Å². The molecule has 2 N–H and O–H groups in total. The van der Waals surface area contributed by atoms with Crippen LogP contribution in [0.25, 0.3) is 0 Å². The van der Waals surface area contributed by atoms with Gasteiger partial charge >= 0.3 is 12.3 Å². The fraction of sp³-hybridized carbons (Fsp3) is 0.933. The van der Waals surface area contributed by atoms with Crippen LogP contribution in [0.2, 0.25) is 0 Å². The van der Waals surface area contributed by atoms with Gasteiger partial charge in [0.25, 0.3) is 0 Å². The molecule has 0 rings (SSSR count). The number of nitrogens with one attached hydrogen (secondary N) is 2. The maximum atomic E-state index is 12.1. The molecule has 0 fully saturated rings. The van der Waals surface area contributed by atoms with Crippen LogP contribution in [-0.4, -0.2) is 36.0 Å². The molecular formula is C15H29F3N2O2. The predicted octanol–water partition coefficient (Wildman–Crippen LogP) is 4.00. The summed E-state index contributed by atoms with van der Waals surface area (Å²) in [5, 5.41) is 5.88. The Morgan fingerprint density at radius 2 is 1.68 bits per heavy atom. The molecule has 1 atom stereocenters. The Hall–Kier alpha value is -0.980. The van der Waals surface area contributed by atoms with E-state index >= 15 is 0 Å². The van der Waals surface area contributed by atoms with Crippen molar-refractivity contribution in [2.45, 2.75) is 84.2 Å². The van der Waals surface area contributed by atoms with Crippen molar-refractivity contribution in [2.24, 2.45) is 0 Å². The van der Waals surface area contributed by atoms with Crippen LogP contribution < -0.4 is 10.6 Å². The minimum absolute atomic E-state index is 0.0536. The molecule has 0 aliphatic rings. The highest BCUT2D eigenvalue weighted by atomic mass is 19.4. The Morgan fingerprint density at radius 1 is 1.14 bits per heavy atom. The summed E-state index contributed by atoms with van der Waals surface area (Å²) in [6.45, 7) is 11.3. The van der Waals surface area contributed by atoms with Crippen molar-refractivity contribution in [1.82, 2.24) is 10.6 Å². The monoisotopic (exact) mass is 326 g/mol. The minimum Gasteiger partial charge on any atom is -0.444 e. The van der Waals surface area contributed by atoms with Crippen molar-refractivity contribution in [3.8, 4) is 0 Å². The standard InChI is InChI=1S/C15H29F3N2O2/c1-11(8-7-9-15(16,17)18)19-10-14(5,6)20-12(21)22-13(2,3)4/h11,19H,7-10H2,1-6H3,(H,20,21). The molecular weight excluding hydrogens is 297 g/mol. The molecule has 0 aliphatic heterocycles. The lowest BCUT2D eigenvalue weighted by molar-refractivity contribution is -0.135. The highest BCUT2D eigenvalue weighted by Crippen LogP contribution is 2.22. The molecule has 0 aliphatic carbocycles. The van der Waals surface area contributed by atoms with Gasteiger partial charge in [-0.3, -0.25) is 0 Å². The Morgan fingerprint density at radius 3 is 2.14 bits per heavy atom. The first-order valence-corrected chi connectivity index (χ1v) is 7.51. The Balaban J connectivity index is 4.08. The first-order valence-electron chi connectivity index (χ1n) is 7.51. The molecule has 0 aromatic carbocycles. The summed E-state index contributed by atoms with van der Waals surface area (Å²) in [4.78, 5) is 11.7. The third-order valence-corrected chi connectivity index (χ3v) is 2.83. The van der Waals surface area contributed by atoms with Crippen LogP contribution >= 0.6 is 0 Å². The fourth-order valence-corrected chi connectivity index (χ4v) is 1.76. The summed E-state index contributed by atoms with van der Waals surface area (Å²) < 4.78 is 41.4. The number of hydrogen-bond acceptors (Lipinski definition) is 3. The van der Waals surface area contributed by atoms with Crippen LogP contribution in [-0.2, 0) is 4.74 Å². The topological polar surface area (TPSA) is 50.4 Å². The van der Waals surface area contributed by atoms with Crippen molar-refractivity contribution in [1.29, 1.82) is 0 Å². The summed E-state index contributed by atoms with van der Waals surface area (Å²) in [6.07, 6.45) is -4.85. The van der Waals surface area contributed by atoms with E-state index in [-0.39, 0.29) is 12.5 Å². The van der Waals surface area contributed by atoms with Gasteiger partial charge in [0, 0.05) is 19.0 Å². The van der Waals surface area contributed by atoms with Crippen molar-refractivity contribution >= 4 is 6.09 Å². The van der Waals surface area contributed by atoms with E-state index in [0.717, 1.165) is 0 Å². The molecule has 0 saturated carbocycles. The van der Waals surface area contributed by atoms with Gasteiger partial charge in [-0.1, -0.05) is 0 Å². The number of alkyl carbamates (subject to hydrolysis) is 1. The number of ether oxygens (including phenoxy) is 1. The zero-order valence-corrected chi connectivity index (χ0v) is 14.4. The smallest absolute Gasteiger partial charge is 0.408 e. The second-order valence-electron chi connectivity index (χ2n) is 7.30. The highest BCUT2D eigenvalue weighted by molar-refractivity contribution is 5.68. The van der Waals surface area contributed by atoms with E-state index in [1.54, 1.807) is 20.8 Å². The zero-order chi connectivity index (χ0) is 17.6. The van der Waals surface area contributed by atoms with Crippen LogP contribution in [0.1, 0.15) is 60.8 Å². The first kappa shape index (κ1) is 21.0. The second-order valence-corrected chi connectivity index (χ2v) is 7.30. The van der Waals surface area contributed by atoms with Gasteiger partial charge in [-0.15, -0.1) is 0 Å². The molecule has 0 aromatic rings. The molecule has 0 aromatic heterocycles. The molecule has 22 heavy (non-hydrogen) atoms. The molecule has 0 heterocycles. The number of carbonyl (C=O) groups excluding carboxylic acids is 1. The molecule has 4 nitrogen and oxygen atoms in total. The summed E-state index contributed by atoms with van der Waals surface area (Å²) >= 11 is 0. The number of halogens is 3. The average Bonchev–Trinajstić information content (AvgIpc) is 2.21. The van der Waals surface area contributed by atoms with E-state index in [9.17, 15) is 18.0 Å². The van der Waals surface area contributed by atoms with Gasteiger partial charge < -0.3 is 15.4 Å². The Labute approximate surface area is 131 Å². The van der Waals surface area contributed by atoms with Crippen LogP contribution in [0, 0.1) is 0 Å². The van der Waals surface area contributed by atoms with E-state index in [1.165, 1.54) is 0 Å². The van der Waals surface area contributed by atoms with Crippen molar-refractivity contribution < 1.29 is 22.7 Å². The number of rotatable bonds is 7. The SMILES string of the molecule is CC(CCCC(F)(F)F)NCC(C)(C)NC(=O)OC(C)(C)C. The van der Waals surface area contributed by atoms with Crippen LogP contribution in [0.15, 0.2) is 0 Å². The second kappa shape index (κ2) is 8.04. The van der Waals surface area contributed by atoms with Crippen LogP contribution in [0.5, 0.6) is 0 Å². The summed E-state index contributed by atoms with van der Waals surface area (Å²) in [5.41, 5.74) is -1.13. The van der Waals surface area contributed by atoms with Crippen molar-refractivity contribution in [3.63, 3.8) is 0 Å². The molecule has 0 radical (unpaired) electrons. The third-order valence-electron chi connectivity index (χ3n) is 2.83. The molecule has 1 amide bonds. The largest absolute Gasteiger partial charge is 0.444 e. The zero-order valence-electron chi connectivity index (χ0n) is 14.4. The maximum absolute atomic E-state index is 12.1. The van der Waals surface area contributed by atoms with Gasteiger partial charge in [-0.25, -0.2) is 4.79 Å². The van der Waals surface area contributed by atoms with Gasteiger partial charge in [0.1, 0.15) is 5.60 Å². The van der Waals surface area contributed by atoms with Gasteiger partial charge in [-0.2, -0.15) is 13.2 Å². The molecule has 0 bridgehead atoms. The lowest BCUT2D eigenvalue weighted by atomic mass is 10.0. The van der Waals surface area contributed by atoms with Gasteiger partial charge in [0.2, 0.25) is 0 Å². The lowest BCUT2D eigenvalue weighted by Crippen LogP contribution is -2.52. The first-order chi connectivity index (χ1) is 9.70. The van der Waals surface area contributed by atoms with Gasteiger partial charge in [0.05, 0.1) is 5.54 Å². The molecule has 0 saturated heterocycles. The number of hydrogen-bond donors (Lipinski definition) is 2. The van der Waals surface area contributed by atoms with E-state index < -0.39 is 29.8 Å². The molecule has 7 heteroatoms. The Bertz CT molecular complexity index is 350. The molecule has 1 unspecified atom stereocenters. The third kappa shape index (κ3) is 12.7. The quantitative estimate of drug-likeness (QED) is 0.743. The van der Waals surface area contributed by atoms with E-state index in [1.807, 2.05) is 20.8 Å². The summed E-state index contributed by atoms with van der Waals surface area (Å²) in [7, 11) is 0. The lowest BCUT2D eigenvalue weighted by Gasteiger charge is -2.30. The van der Waals surface area contributed by atoms with Crippen molar-refractivity contribution in [3.05, 3.63) is 0 Å². The van der Waals surface area contributed by atoms with E-state index in [2.05, 4.69) is 10.6 Å². The predicted molar refractivity (Wildman–Crippen MR) is 80.8 cm³/mol. The Kier molecular flexibility index (Phi) is 7.68. The van der Waals surface area contributed by atoms with E-state index in [4.69, 9.17) is 4.74 Å². The van der Waals surface area contributed by atoms with Gasteiger partial charge in [0.15, 0.2) is 0 Å². The van der Waals surface area contributed by atoms with E-state index in [0.29, 0.717) is 13.0 Å². The maximum Gasteiger partial charge on any atom is 0.408 e. The van der Waals surface area contributed by atoms with Crippen LogP contribution in [0.3, 0.4) is 0 Å². The molecule has 0 spiro atoms. The number of carbonyl (C=O) groups is 1. The summed E-state index contributed by atoms with van der Waals surface area (Å²) in [5.74, 6) is 0. The average molecular weight is 326 g/mol. The number of amides is 1. The number of alkyl halides is 3. The van der Waals surface area contributed by atoms with Gasteiger partial charge in [-0.05, 0) is 54.4 Å².